The van der Waals surface area contributed by atoms with Gasteiger partial charge in [0, 0.05) is 29.5 Å². The molecule has 1 N–H and O–H groups in total. The van der Waals surface area contributed by atoms with E-state index in [1.807, 2.05) is 30.5 Å². The van der Waals surface area contributed by atoms with Gasteiger partial charge in [0.25, 0.3) is 0 Å². The molecule has 0 aromatic carbocycles. The second-order valence-corrected chi connectivity index (χ2v) is 3.21. The molecule has 4 nitrogen and oxygen atoms in total. The van der Waals surface area contributed by atoms with Crippen molar-refractivity contribution >= 4 is 11.0 Å². The first kappa shape index (κ1) is 8.11. The molecule has 15 heavy (non-hydrogen) atoms. The van der Waals surface area contributed by atoms with Crippen molar-refractivity contribution in [2.75, 3.05) is 0 Å². The minimum Gasteiger partial charge on any atom is -0.345 e. The minimum atomic E-state index is 0.858. The molecule has 4 heteroatoms. The maximum absolute atomic E-state index is 4.22. The van der Waals surface area contributed by atoms with Crippen molar-refractivity contribution in [1.29, 1.82) is 0 Å². The molecule has 3 aromatic rings. The smallest absolute Gasteiger partial charge is 0.137 e. The molecule has 0 aliphatic carbocycles. The van der Waals surface area contributed by atoms with Crippen LogP contribution in [0.2, 0.25) is 0 Å². The van der Waals surface area contributed by atoms with Gasteiger partial charge in [-0.05, 0) is 24.3 Å². The Morgan fingerprint density at radius 3 is 2.87 bits per heavy atom. The summed E-state index contributed by atoms with van der Waals surface area (Å²) >= 11 is 0. The van der Waals surface area contributed by atoms with Crippen LogP contribution in [-0.4, -0.2) is 20.2 Å². The number of pyridine rings is 1. The van der Waals surface area contributed by atoms with Gasteiger partial charge in [0.15, 0.2) is 0 Å². The molecule has 0 radical (unpaired) electrons. The first-order valence-corrected chi connectivity index (χ1v) is 4.65. The third-order valence-electron chi connectivity index (χ3n) is 2.30. The molecule has 0 amide bonds. The molecule has 0 saturated heterocycles. The Morgan fingerprint density at radius 2 is 2.00 bits per heavy atom. The van der Waals surface area contributed by atoms with Crippen molar-refractivity contribution in [3.8, 4) is 11.3 Å². The number of aromatic nitrogens is 4. The molecule has 72 valence electrons. The summed E-state index contributed by atoms with van der Waals surface area (Å²) in [6.07, 6.45) is 5.33. The molecule has 0 fully saturated rings. The molecule has 0 aliphatic heterocycles. The van der Waals surface area contributed by atoms with Crippen LogP contribution in [0.5, 0.6) is 0 Å². The summed E-state index contributed by atoms with van der Waals surface area (Å²) in [5, 5.41) is 9.00. The summed E-state index contributed by atoms with van der Waals surface area (Å²) in [5.74, 6) is 0. The van der Waals surface area contributed by atoms with Gasteiger partial charge in [0.2, 0.25) is 0 Å². The van der Waals surface area contributed by atoms with Gasteiger partial charge in [-0.1, -0.05) is 0 Å². The number of hydrogen-bond acceptors (Lipinski definition) is 3. The topological polar surface area (TPSA) is 54.5 Å². The van der Waals surface area contributed by atoms with Crippen molar-refractivity contribution in [2.24, 2.45) is 0 Å². The third-order valence-corrected chi connectivity index (χ3v) is 2.30. The average Bonchev–Trinajstić information content (AvgIpc) is 2.74. The van der Waals surface area contributed by atoms with Gasteiger partial charge in [0.05, 0.1) is 5.69 Å². The molecular weight excluding hydrogens is 188 g/mol. The van der Waals surface area contributed by atoms with Gasteiger partial charge >= 0.3 is 0 Å². The van der Waals surface area contributed by atoms with Gasteiger partial charge in [-0.2, -0.15) is 10.2 Å². The van der Waals surface area contributed by atoms with Crippen molar-refractivity contribution < 1.29 is 0 Å². The van der Waals surface area contributed by atoms with Crippen LogP contribution in [0.25, 0.3) is 22.3 Å². The highest BCUT2D eigenvalue weighted by molar-refractivity contribution is 5.92. The van der Waals surface area contributed by atoms with Crippen LogP contribution in [0.4, 0.5) is 0 Å². The fourth-order valence-corrected chi connectivity index (χ4v) is 1.61. The number of nitrogens with one attached hydrogen (secondary N) is 1. The van der Waals surface area contributed by atoms with Crippen molar-refractivity contribution in [3.05, 3.63) is 42.9 Å². The first-order chi connectivity index (χ1) is 7.45. The summed E-state index contributed by atoms with van der Waals surface area (Å²) in [6.45, 7) is 0. The quantitative estimate of drug-likeness (QED) is 0.647. The van der Waals surface area contributed by atoms with Crippen LogP contribution >= 0.6 is 0 Å². The summed E-state index contributed by atoms with van der Waals surface area (Å²) in [7, 11) is 0. The Hall–Kier alpha value is -2.23. The number of H-pyrrole nitrogens is 1. The molecule has 0 spiro atoms. The monoisotopic (exact) mass is 196 g/mol. The number of fused-ring (bicyclic) bond motifs is 1. The number of nitrogens with zero attached hydrogens (tertiary/aromatic N) is 3. The highest BCUT2D eigenvalue weighted by Gasteiger charge is 2.06. The highest BCUT2D eigenvalue weighted by Crippen LogP contribution is 2.24. The molecule has 0 atom stereocenters. The molecule has 0 aliphatic rings. The molecule has 3 heterocycles. The van der Waals surface area contributed by atoms with Gasteiger partial charge in [-0.15, -0.1) is 0 Å². The second-order valence-electron chi connectivity index (χ2n) is 3.21. The fraction of sp³-hybridized carbons (Fsp3) is 0. The van der Waals surface area contributed by atoms with Crippen LogP contribution in [-0.2, 0) is 0 Å². The normalized spacial score (nSPS) is 10.7. The van der Waals surface area contributed by atoms with E-state index in [0.717, 1.165) is 22.3 Å². The zero-order chi connectivity index (χ0) is 10.1. The van der Waals surface area contributed by atoms with E-state index in [2.05, 4.69) is 20.2 Å². The van der Waals surface area contributed by atoms with Gasteiger partial charge in [-0.3, -0.25) is 0 Å². The standard InChI is InChI=1S/C11H8N4/c1-3-8-9(7-13-11(8)12-5-1)10-4-2-6-14-15-10/h1-7H,(H,12,13). The van der Waals surface area contributed by atoms with Crippen LogP contribution < -0.4 is 0 Å². The van der Waals surface area contributed by atoms with Gasteiger partial charge < -0.3 is 4.98 Å². The minimum absolute atomic E-state index is 0.858. The maximum atomic E-state index is 4.22. The SMILES string of the molecule is c1cnnc(-c2c[nH]c3ncccc23)c1. The zero-order valence-corrected chi connectivity index (χ0v) is 7.88. The Labute approximate surface area is 86.0 Å². The Balaban J connectivity index is 2.28. The predicted molar refractivity (Wildman–Crippen MR) is 57.1 cm³/mol. The summed E-state index contributed by atoms with van der Waals surface area (Å²) in [4.78, 5) is 7.33. The van der Waals surface area contributed by atoms with E-state index in [-0.39, 0.29) is 0 Å². The van der Waals surface area contributed by atoms with Gasteiger partial charge in [-0.25, -0.2) is 4.98 Å². The van der Waals surface area contributed by atoms with E-state index in [0.29, 0.717) is 0 Å². The zero-order valence-electron chi connectivity index (χ0n) is 7.88. The van der Waals surface area contributed by atoms with Crippen LogP contribution in [0.1, 0.15) is 0 Å². The molecule has 0 bridgehead atoms. The number of aromatic amines is 1. The highest BCUT2D eigenvalue weighted by atomic mass is 15.1. The largest absolute Gasteiger partial charge is 0.345 e. The molecule has 0 saturated carbocycles. The van der Waals surface area contributed by atoms with Crippen molar-refractivity contribution in [3.63, 3.8) is 0 Å². The van der Waals surface area contributed by atoms with Crippen LogP contribution in [0.15, 0.2) is 42.9 Å². The van der Waals surface area contributed by atoms with E-state index in [9.17, 15) is 0 Å². The van der Waals surface area contributed by atoms with E-state index in [1.165, 1.54) is 0 Å². The molecule has 0 unspecified atom stereocenters. The van der Waals surface area contributed by atoms with Crippen molar-refractivity contribution in [1.82, 2.24) is 20.2 Å². The summed E-state index contributed by atoms with van der Waals surface area (Å²) < 4.78 is 0. The fourth-order valence-electron chi connectivity index (χ4n) is 1.61. The lowest BCUT2D eigenvalue weighted by Crippen LogP contribution is -1.83. The first-order valence-electron chi connectivity index (χ1n) is 4.65. The van der Waals surface area contributed by atoms with Crippen LogP contribution in [0, 0.1) is 0 Å². The number of hydrogen-bond donors (Lipinski definition) is 1. The van der Waals surface area contributed by atoms with E-state index < -0.39 is 0 Å². The lowest BCUT2D eigenvalue weighted by Gasteiger charge is -1.95. The third kappa shape index (κ3) is 1.27. The Morgan fingerprint density at radius 1 is 1.07 bits per heavy atom. The molecular formula is C11H8N4. The van der Waals surface area contributed by atoms with Gasteiger partial charge in [0.1, 0.15) is 5.65 Å². The van der Waals surface area contributed by atoms with E-state index >= 15 is 0 Å². The number of rotatable bonds is 1. The van der Waals surface area contributed by atoms with Crippen LogP contribution in [0.3, 0.4) is 0 Å². The van der Waals surface area contributed by atoms with E-state index in [1.54, 1.807) is 12.4 Å². The second kappa shape index (κ2) is 3.16. The van der Waals surface area contributed by atoms with Crippen molar-refractivity contribution in [2.45, 2.75) is 0 Å². The lowest BCUT2D eigenvalue weighted by molar-refractivity contribution is 1.04. The Kier molecular flexibility index (Phi) is 1.71. The maximum Gasteiger partial charge on any atom is 0.137 e. The molecule has 3 rings (SSSR count). The predicted octanol–water partition coefficient (Wildman–Crippen LogP) is 2.02. The summed E-state index contributed by atoms with van der Waals surface area (Å²) in [5.41, 5.74) is 2.76. The lowest BCUT2D eigenvalue weighted by atomic mass is 10.1. The Bertz CT molecular complexity index is 586. The molecule has 3 aromatic heterocycles. The van der Waals surface area contributed by atoms with E-state index in [4.69, 9.17) is 0 Å². The average molecular weight is 196 g/mol. The summed E-state index contributed by atoms with van der Waals surface area (Å²) in [6, 6.07) is 7.74.